The van der Waals surface area contributed by atoms with E-state index in [1.54, 1.807) is 12.1 Å². The van der Waals surface area contributed by atoms with Crippen molar-refractivity contribution in [2.24, 2.45) is 0 Å². The fourth-order valence-electron chi connectivity index (χ4n) is 3.96. The van der Waals surface area contributed by atoms with Crippen molar-refractivity contribution in [3.63, 3.8) is 0 Å². The summed E-state index contributed by atoms with van der Waals surface area (Å²) in [6, 6.07) is 27.6. The van der Waals surface area contributed by atoms with Gasteiger partial charge in [-0.05, 0) is 28.8 Å². The molecule has 1 aliphatic heterocycles. The maximum Gasteiger partial charge on any atom is 0.175 e. The maximum absolute atomic E-state index is 11.7. The number of aliphatic hydroxyl groups is 1. The Morgan fingerprint density at radius 3 is 1.79 bits per heavy atom. The van der Waals surface area contributed by atoms with E-state index in [4.69, 9.17) is 0 Å². The Bertz CT molecular complexity index is 995. The van der Waals surface area contributed by atoms with Gasteiger partial charge in [-0.1, -0.05) is 72.8 Å². The number of nitrogens with zero attached hydrogens (tertiary/aromatic N) is 1. The zero-order chi connectivity index (χ0) is 19.7. The van der Waals surface area contributed by atoms with Gasteiger partial charge < -0.3 is 5.11 Å². The first-order chi connectivity index (χ1) is 13.5. The molecule has 1 saturated heterocycles. The molecule has 0 saturated carbocycles. The average molecular weight is 394 g/mol. The minimum atomic E-state index is -3.22. The molecule has 4 nitrogen and oxygen atoms in total. The van der Waals surface area contributed by atoms with Gasteiger partial charge >= 0.3 is 0 Å². The van der Waals surface area contributed by atoms with E-state index < -0.39 is 9.84 Å². The summed E-state index contributed by atoms with van der Waals surface area (Å²) in [5.74, 6) is 0. The highest BCUT2D eigenvalue weighted by molar-refractivity contribution is 7.90. The fourth-order valence-corrected chi connectivity index (χ4v) is 4.59. The Kier molecular flexibility index (Phi) is 5.06. The predicted molar refractivity (Wildman–Crippen MR) is 110 cm³/mol. The normalized spacial score (nSPS) is 21.6. The molecular weight excluding hydrogens is 370 g/mol. The molecule has 1 aliphatic rings. The van der Waals surface area contributed by atoms with Crippen LogP contribution in [0.25, 0.3) is 0 Å². The van der Waals surface area contributed by atoms with Crippen LogP contribution >= 0.6 is 0 Å². The summed E-state index contributed by atoms with van der Waals surface area (Å²) in [5.41, 5.74) is 3.35. The third-order valence-electron chi connectivity index (χ3n) is 5.34. The third-order valence-corrected chi connectivity index (χ3v) is 6.47. The van der Waals surface area contributed by atoms with Crippen molar-refractivity contribution in [1.82, 2.24) is 4.90 Å². The van der Waals surface area contributed by atoms with E-state index in [1.165, 1.54) is 17.4 Å². The molecule has 1 fully saturated rings. The molecule has 0 aromatic heterocycles. The standard InChI is InChI=1S/C23H23NO3S/c1-28(26,27)20-14-12-19(13-15-20)23-21(16-25)24(23)22(17-8-4-2-5-9-17)18-10-6-3-7-11-18/h2-15,21-23,25H,16H2,1H3/t21-,23+,24?/m1/s1. The van der Waals surface area contributed by atoms with Crippen LogP contribution in [0, 0.1) is 0 Å². The molecule has 0 amide bonds. The summed E-state index contributed by atoms with van der Waals surface area (Å²) in [7, 11) is -3.22. The summed E-state index contributed by atoms with van der Waals surface area (Å²) in [6.07, 6.45) is 1.21. The van der Waals surface area contributed by atoms with Crippen molar-refractivity contribution in [2.75, 3.05) is 12.9 Å². The summed E-state index contributed by atoms with van der Waals surface area (Å²) in [6.45, 7) is 0.0503. The Morgan fingerprint density at radius 2 is 1.36 bits per heavy atom. The van der Waals surface area contributed by atoms with Crippen molar-refractivity contribution >= 4 is 9.84 Å². The van der Waals surface area contributed by atoms with E-state index >= 15 is 0 Å². The second kappa shape index (κ2) is 7.51. The van der Waals surface area contributed by atoms with Crippen LogP contribution < -0.4 is 0 Å². The van der Waals surface area contributed by atoms with Gasteiger partial charge in [0, 0.05) is 6.26 Å². The highest BCUT2D eigenvalue weighted by atomic mass is 32.2. The van der Waals surface area contributed by atoms with Crippen LogP contribution in [-0.2, 0) is 9.84 Å². The van der Waals surface area contributed by atoms with Gasteiger partial charge in [0.15, 0.2) is 9.84 Å². The van der Waals surface area contributed by atoms with Gasteiger partial charge in [0.25, 0.3) is 0 Å². The van der Waals surface area contributed by atoms with Crippen LogP contribution in [-0.4, -0.2) is 37.3 Å². The van der Waals surface area contributed by atoms with Crippen LogP contribution in [0.4, 0.5) is 0 Å². The van der Waals surface area contributed by atoms with E-state index in [9.17, 15) is 13.5 Å². The van der Waals surface area contributed by atoms with Crippen LogP contribution in [0.15, 0.2) is 89.8 Å². The molecular formula is C23H23NO3S. The average Bonchev–Trinajstić information content (AvgIpc) is 3.43. The molecule has 0 aliphatic carbocycles. The summed E-state index contributed by atoms with van der Waals surface area (Å²) in [4.78, 5) is 2.60. The van der Waals surface area contributed by atoms with Crippen molar-refractivity contribution in [3.8, 4) is 0 Å². The van der Waals surface area contributed by atoms with Crippen LogP contribution in [0.2, 0.25) is 0 Å². The highest BCUT2D eigenvalue weighted by Crippen LogP contribution is 2.51. The lowest BCUT2D eigenvalue weighted by molar-refractivity contribution is 0.263. The monoisotopic (exact) mass is 393 g/mol. The van der Waals surface area contributed by atoms with Gasteiger partial charge in [-0.25, -0.2) is 8.42 Å². The lowest BCUT2D eigenvalue weighted by atomic mass is 9.98. The summed E-state index contributed by atoms with van der Waals surface area (Å²) >= 11 is 0. The molecule has 5 heteroatoms. The maximum atomic E-state index is 11.7. The quantitative estimate of drug-likeness (QED) is 0.650. The molecule has 4 rings (SSSR count). The van der Waals surface area contributed by atoms with E-state index in [2.05, 4.69) is 29.2 Å². The van der Waals surface area contributed by atoms with Gasteiger partial charge in [-0.15, -0.1) is 0 Å². The van der Waals surface area contributed by atoms with E-state index in [-0.39, 0.29) is 24.7 Å². The van der Waals surface area contributed by atoms with Gasteiger partial charge in [0.2, 0.25) is 0 Å². The lowest BCUT2D eigenvalue weighted by Gasteiger charge is -2.21. The molecule has 1 N–H and O–H groups in total. The van der Waals surface area contributed by atoms with E-state index in [0.29, 0.717) is 4.90 Å². The molecule has 3 aromatic carbocycles. The molecule has 1 unspecified atom stereocenters. The number of hydrogen-bond donors (Lipinski definition) is 1. The van der Waals surface area contributed by atoms with Crippen LogP contribution in [0.5, 0.6) is 0 Å². The zero-order valence-corrected chi connectivity index (χ0v) is 16.5. The van der Waals surface area contributed by atoms with Gasteiger partial charge in [0.05, 0.1) is 29.6 Å². The first-order valence-corrected chi connectivity index (χ1v) is 11.2. The Morgan fingerprint density at radius 1 is 0.857 bits per heavy atom. The van der Waals surface area contributed by atoms with Crippen molar-refractivity contribution in [3.05, 3.63) is 102 Å². The molecule has 144 valence electrons. The highest BCUT2D eigenvalue weighted by Gasteiger charge is 2.52. The van der Waals surface area contributed by atoms with E-state index in [1.807, 2.05) is 48.5 Å². The molecule has 0 radical (unpaired) electrons. The Balaban J connectivity index is 1.71. The SMILES string of the molecule is CS(=O)(=O)c1ccc([C@H]2[C@@H](CO)N2C(c2ccccc2)c2ccccc2)cc1. The number of aliphatic hydroxyl groups excluding tert-OH is 1. The number of hydrogen-bond acceptors (Lipinski definition) is 4. The smallest absolute Gasteiger partial charge is 0.175 e. The van der Waals surface area contributed by atoms with E-state index in [0.717, 1.165) is 5.56 Å². The summed E-state index contributed by atoms with van der Waals surface area (Å²) in [5, 5.41) is 10.00. The van der Waals surface area contributed by atoms with Crippen LogP contribution in [0.1, 0.15) is 28.8 Å². The molecule has 1 heterocycles. The van der Waals surface area contributed by atoms with Crippen molar-refractivity contribution < 1.29 is 13.5 Å². The minimum Gasteiger partial charge on any atom is -0.395 e. The van der Waals surface area contributed by atoms with Gasteiger partial charge in [-0.2, -0.15) is 0 Å². The zero-order valence-electron chi connectivity index (χ0n) is 15.6. The molecule has 0 bridgehead atoms. The topological polar surface area (TPSA) is 57.4 Å². The largest absolute Gasteiger partial charge is 0.395 e. The fraction of sp³-hybridized carbons (Fsp3) is 0.217. The molecule has 0 spiro atoms. The van der Waals surface area contributed by atoms with Crippen molar-refractivity contribution in [1.29, 1.82) is 0 Å². The van der Waals surface area contributed by atoms with Gasteiger partial charge in [-0.3, -0.25) is 4.90 Å². The summed E-state index contributed by atoms with van der Waals surface area (Å²) < 4.78 is 23.5. The minimum absolute atomic E-state index is 0.00510. The molecule has 3 aromatic rings. The second-order valence-electron chi connectivity index (χ2n) is 7.21. The lowest BCUT2D eigenvalue weighted by Crippen LogP contribution is -2.15. The first kappa shape index (κ1) is 18.9. The molecule has 28 heavy (non-hydrogen) atoms. The Hall–Kier alpha value is -2.47. The van der Waals surface area contributed by atoms with Crippen LogP contribution in [0.3, 0.4) is 0 Å². The van der Waals surface area contributed by atoms with Gasteiger partial charge in [0.1, 0.15) is 0 Å². The number of benzene rings is 3. The third kappa shape index (κ3) is 3.61. The number of sulfone groups is 1. The predicted octanol–water partition coefficient (Wildman–Crippen LogP) is 3.60. The first-order valence-electron chi connectivity index (χ1n) is 9.29. The van der Waals surface area contributed by atoms with Crippen molar-refractivity contribution in [2.45, 2.75) is 23.0 Å². The second-order valence-corrected chi connectivity index (χ2v) is 9.22. The Labute approximate surface area is 166 Å². The number of rotatable bonds is 6. The molecule has 3 atom stereocenters.